The number of amides is 1. The topological polar surface area (TPSA) is 42.0 Å². The first kappa shape index (κ1) is 34.3. The molecule has 2 rings (SSSR count). The number of thiazole rings is 1. The molecule has 1 aromatic carbocycles. The molecule has 0 aliphatic rings. The first-order chi connectivity index (χ1) is 18.1. The second-order valence-corrected chi connectivity index (χ2v) is 8.92. The van der Waals surface area contributed by atoms with E-state index in [2.05, 4.69) is 4.98 Å². The summed E-state index contributed by atoms with van der Waals surface area (Å²) in [5.41, 5.74) is 0.871. The molecule has 2 aromatic rings. The van der Waals surface area contributed by atoms with Crippen LogP contribution < -0.4 is 5.32 Å². The van der Waals surface area contributed by atoms with Crippen LogP contribution in [-0.4, -0.2) is 58.5 Å². The average molecular weight is 650 g/mol. The first-order valence-corrected chi connectivity index (χ1v) is 11.1. The Morgan fingerprint density at radius 2 is 1.10 bits per heavy atom. The maximum atomic E-state index is 14.1. The van der Waals surface area contributed by atoms with Crippen LogP contribution >= 0.6 is 11.3 Å². The summed E-state index contributed by atoms with van der Waals surface area (Å²) in [5.74, 6) is -61.9. The highest BCUT2D eigenvalue weighted by Crippen LogP contribution is 2.64. The number of rotatable bonds is 10. The Morgan fingerprint density at radius 3 is 1.51 bits per heavy atom. The zero-order chi connectivity index (χ0) is 32.3. The SMILES string of the molecule is CCc1ccc(-c2csc(NC(=O)C(F)(F)C(F)(F)C(F)(F)C(F)(F)C(F)(F)C(F)(F)C(F)(F)C(F)(F)F)n2)cc1. The summed E-state index contributed by atoms with van der Waals surface area (Å²) in [4.78, 5) is 15.1. The number of nitrogens with one attached hydrogen (secondary N) is 1. The molecule has 0 radical (unpaired) electrons. The number of hydrogen-bond acceptors (Lipinski definition) is 3. The highest BCUT2D eigenvalue weighted by molar-refractivity contribution is 7.14. The van der Waals surface area contributed by atoms with Crippen molar-refractivity contribution in [3.63, 3.8) is 0 Å². The van der Waals surface area contributed by atoms with Crippen molar-refractivity contribution in [2.75, 3.05) is 5.32 Å². The Hall–Kier alpha value is -2.87. The van der Waals surface area contributed by atoms with Gasteiger partial charge in [-0.3, -0.25) is 10.1 Å². The van der Waals surface area contributed by atoms with Crippen molar-refractivity contribution >= 4 is 22.4 Å². The zero-order valence-electron chi connectivity index (χ0n) is 19.3. The molecule has 232 valence electrons. The molecular formula is C20H11F17N2OS. The first-order valence-electron chi connectivity index (χ1n) is 10.2. The van der Waals surface area contributed by atoms with Crippen molar-refractivity contribution in [2.24, 2.45) is 0 Å². The largest absolute Gasteiger partial charge is 0.460 e. The molecule has 1 amide bonds. The van der Waals surface area contributed by atoms with E-state index in [1.54, 1.807) is 19.1 Å². The third-order valence-corrected chi connectivity index (χ3v) is 6.15. The van der Waals surface area contributed by atoms with Gasteiger partial charge in [0.2, 0.25) is 0 Å². The fraction of sp³-hybridized carbons (Fsp3) is 0.500. The molecular weight excluding hydrogens is 639 g/mol. The Morgan fingerprint density at radius 1 is 0.683 bits per heavy atom. The number of aryl methyl sites for hydroxylation is 1. The number of carbonyl (C=O) groups is 1. The summed E-state index contributed by atoms with van der Waals surface area (Å²) in [7, 11) is 0. The number of alkyl halides is 17. The lowest BCUT2D eigenvalue weighted by atomic mass is 9.89. The van der Waals surface area contributed by atoms with Crippen LogP contribution in [0.2, 0.25) is 0 Å². The monoisotopic (exact) mass is 650 g/mol. The maximum absolute atomic E-state index is 14.1. The molecule has 1 heterocycles. The van der Waals surface area contributed by atoms with E-state index < -0.39 is 58.7 Å². The van der Waals surface area contributed by atoms with Gasteiger partial charge in [0.25, 0.3) is 0 Å². The number of halogens is 17. The minimum Gasteiger partial charge on any atom is -0.296 e. The molecule has 3 nitrogen and oxygen atoms in total. The minimum atomic E-state index is -8.77. The number of carbonyl (C=O) groups excluding carboxylic acids is 1. The molecule has 0 bridgehead atoms. The molecule has 0 saturated carbocycles. The number of hydrogen-bond donors (Lipinski definition) is 1. The number of aromatic nitrogens is 1. The van der Waals surface area contributed by atoms with E-state index in [-0.39, 0.29) is 22.6 Å². The Bertz CT molecular complexity index is 1250. The van der Waals surface area contributed by atoms with Crippen molar-refractivity contribution in [1.82, 2.24) is 4.98 Å². The van der Waals surface area contributed by atoms with Crippen molar-refractivity contribution in [2.45, 2.75) is 61.0 Å². The van der Waals surface area contributed by atoms with Gasteiger partial charge < -0.3 is 0 Å². The van der Waals surface area contributed by atoms with E-state index in [1.165, 1.54) is 12.1 Å². The third kappa shape index (κ3) is 5.06. The van der Waals surface area contributed by atoms with Crippen LogP contribution in [0.1, 0.15) is 12.5 Å². The van der Waals surface area contributed by atoms with Crippen LogP contribution in [0, 0.1) is 0 Å². The highest BCUT2D eigenvalue weighted by atomic mass is 32.1. The standard InChI is InChI=1S/C20H11F17N2OS/c1-2-8-3-5-9(6-4-8)10-7-41-12(38-10)39-11(40)13(21,22)14(23,24)15(25,26)16(27,28)17(29,30)18(31,32)19(33,34)20(35,36)37/h3-7H,2H2,1H3,(H,38,39,40). The van der Waals surface area contributed by atoms with E-state index >= 15 is 0 Å². The van der Waals surface area contributed by atoms with Crippen LogP contribution in [0.25, 0.3) is 11.3 Å². The van der Waals surface area contributed by atoms with Gasteiger partial charge in [-0.25, -0.2) is 4.98 Å². The summed E-state index contributed by atoms with van der Waals surface area (Å²) in [6, 6.07) is 5.91. The van der Waals surface area contributed by atoms with Crippen molar-refractivity contribution in [3.8, 4) is 11.3 Å². The summed E-state index contributed by atoms with van der Waals surface area (Å²) in [5, 5.41) is 0.692. The fourth-order valence-corrected chi connectivity index (χ4v) is 3.57. The van der Waals surface area contributed by atoms with Crippen molar-refractivity contribution in [3.05, 3.63) is 35.2 Å². The normalized spacial score (nSPS) is 14.8. The minimum absolute atomic E-state index is 0.146. The fourth-order valence-electron chi connectivity index (χ4n) is 2.86. The van der Waals surface area contributed by atoms with Crippen LogP contribution in [-0.2, 0) is 11.2 Å². The molecule has 0 fully saturated rings. The van der Waals surface area contributed by atoms with Gasteiger partial charge in [0, 0.05) is 10.9 Å². The number of benzene rings is 1. The summed E-state index contributed by atoms with van der Waals surface area (Å²) in [6.45, 7) is 1.77. The van der Waals surface area contributed by atoms with Crippen LogP contribution in [0.3, 0.4) is 0 Å². The molecule has 1 aromatic heterocycles. The molecule has 0 spiro atoms. The van der Waals surface area contributed by atoms with Crippen LogP contribution in [0.5, 0.6) is 0 Å². The summed E-state index contributed by atoms with van der Waals surface area (Å²) in [6.07, 6.45) is -7.28. The molecule has 0 aliphatic carbocycles. The maximum Gasteiger partial charge on any atom is 0.460 e. The van der Waals surface area contributed by atoms with E-state index in [4.69, 9.17) is 0 Å². The molecule has 0 atom stereocenters. The van der Waals surface area contributed by atoms with Gasteiger partial charge >= 0.3 is 53.5 Å². The smallest absolute Gasteiger partial charge is 0.296 e. The molecule has 21 heteroatoms. The second kappa shape index (κ2) is 10.1. The quantitative estimate of drug-likeness (QED) is 0.263. The summed E-state index contributed by atoms with van der Waals surface area (Å²) < 4.78 is 227. The van der Waals surface area contributed by atoms with Crippen LogP contribution in [0.15, 0.2) is 29.6 Å². The van der Waals surface area contributed by atoms with Gasteiger partial charge in [0.05, 0.1) is 5.69 Å². The van der Waals surface area contributed by atoms with Gasteiger partial charge in [-0.05, 0) is 12.0 Å². The average Bonchev–Trinajstić information content (AvgIpc) is 3.31. The third-order valence-electron chi connectivity index (χ3n) is 5.39. The lowest BCUT2D eigenvalue weighted by Crippen LogP contribution is -2.75. The highest BCUT2D eigenvalue weighted by Gasteiger charge is 2.95. The van der Waals surface area contributed by atoms with E-state index in [1.807, 2.05) is 0 Å². The van der Waals surface area contributed by atoms with Gasteiger partial charge in [-0.15, -0.1) is 11.3 Å². The van der Waals surface area contributed by atoms with Gasteiger partial charge in [-0.2, -0.15) is 74.6 Å². The van der Waals surface area contributed by atoms with Crippen LogP contribution in [0.4, 0.5) is 79.8 Å². The molecule has 0 aliphatic heterocycles. The Balaban J connectivity index is 2.44. The van der Waals surface area contributed by atoms with E-state index in [9.17, 15) is 79.4 Å². The van der Waals surface area contributed by atoms with E-state index in [0.717, 1.165) is 16.3 Å². The van der Waals surface area contributed by atoms with Gasteiger partial charge in [0.1, 0.15) is 0 Å². The number of anilines is 1. The van der Waals surface area contributed by atoms with Crippen molar-refractivity contribution < 1.29 is 79.4 Å². The lowest BCUT2D eigenvalue weighted by molar-refractivity contribution is -0.459. The van der Waals surface area contributed by atoms with Gasteiger partial charge in [-0.1, -0.05) is 31.2 Å². The Labute approximate surface area is 220 Å². The lowest BCUT2D eigenvalue weighted by Gasteiger charge is -2.42. The molecule has 41 heavy (non-hydrogen) atoms. The predicted octanol–water partition coefficient (Wildman–Crippen LogP) is 8.32. The molecule has 0 saturated heterocycles. The number of nitrogens with zero attached hydrogens (tertiary/aromatic N) is 1. The van der Waals surface area contributed by atoms with E-state index in [0.29, 0.717) is 6.42 Å². The second-order valence-electron chi connectivity index (χ2n) is 8.06. The zero-order valence-corrected chi connectivity index (χ0v) is 20.1. The molecule has 0 unspecified atom stereocenters. The predicted molar refractivity (Wildman–Crippen MR) is 106 cm³/mol. The van der Waals surface area contributed by atoms with Crippen molar-refractivity contribution in [1.29, 1.82) is 0 Å². The molecule has 1 N–H and O–H groups in total. The summed E-state index contributed by atoms with van der Waals surface area (Å²) >= 11 is 0.169. The van der Waals surface area contributed by atoms with Gasteiger partial charge in [0.15, 0.2) is 5.13 Å². The Kier molecular flexibility index (Phi) is 8.49.